The number of hydrogen-bond acceptors (Lipinski definition) is 3. The van der Waals surface area contributed by atoms with Gasteiger partial charge in [0.2, 0.25) is 0 Å². The number of benzene rings is 2. The van der Waals surface area contributed by atoms with E-state index in [9.17, 15) is 18.0 Å². The number of nitrogens with one attached hydrogen (secondary N) is 1. The van der Waals surface area contributed by atoms with Gasteiger partial charge in [-0.3, -0.25) is 9.48 Å². The maximum atomic E-state index is 13.3. The number of ether oxygens (including phenoxy) is 1. The Kier molecular flexibility index (Phi) is 6.58. The Morgan fingerprint density at radius 3 is 2.33 bits per heavy atom. The first-order valence-corrected chi connectivity index (χ1v) is 10.6. The average Bonchev–Trinajstić information content (AvgIpc) is 3.11. The number of alkyl halides is 3. The molecule has 0 bridgehead atoms. The molecule has 0 unspecified atom stereocenters. The molecule has 3 rings (SSSR count). The summed E-state index contributed by atoms with van der Waals surface area (Å²) in [6.07, 6.45) is -3.70. The van der Waals surface area contributed by atoms with Crippen LogP contribution in [0.4, 0.5) is 18.9 Å². The minimum Gasteiger partial charge on any atom is -0.455 e. The summed E-state index contributed by atoms with van der Waals surface area (Å²) in [4.78, 5) is 12.7. The van der Waals surface area contributed by atoms with E-state index in [1.807, 2.05) is 12.1 Å². The summed E-state index contributed by atoms with van der Waals surface area (Å²) in [5.41, 5.74) is 0.316. The van der Waals surface area contributed by atoms with E-state index in [-0.39, 0.29) is 17.0 Å². The molecule has 0 atom stereocenters. The number of aromatic nitrogens is 2. The van der Waals surface area contributed by atoms with Crippen molar-refractivity contribution in [3.05, 3.63) is 71.0 Å². The average molecular weight is 460 g/mol. The molecule has 0 saturated heterocycles. The van der Waals surface area contributed by atoms with Crippen LogP contribution in [0.15, 0.2) is 48.7 Å². The fraction of sp³-hybridized carbons (Fsp3) is 0.360. The van der Waals surface area contributed by atoms with Crippen molar-refractivity contribution in [3.63, 3.8) is 0 Å². The normalized spacial score (nSPS) is 12.2. The van der Waals surface area contributed by atoms with Gasteiger partial charge in [0, 0.05) is 18.8 Å². The van der Waals surface area contributed by atoms with Crippen molar-refractivity contribution in [2.45, 2.75) is 52.1 Å². The molecule has 0 fully saturated rings. The summed E-state index contributed by atoms with van der Waals surface area (Å²) in [5.74, 6) is 0.323. The Morgan fingerprint density at radius 1 is 1.06 bits per heavy atom. The summed E-state index contributed by atoms with van der Waals surface area (Å²) in [6.45, 7) is 10.4. The van der Waals surface area contributed by atoms with E-state index in [4.69, 9.17) is 4.74 Å². The molecule has 3 aromatic rings. The molecule has 0 aliphatic carbocycles. The lowest BCUT2D eigenvalue weighted by Gasteiger charge is -2.24. The fourth-order valence-corrected chi connectivity index (χ4v) is 3.43. The van der Waals surface area contributed by atoms with E-state index in [1.165, 1.54) is 7.05 Å². The predicted octanol–water partition coefficient (Wildman–Crippen LogP) is 6.90. The quantitative estimate of drug-likeness (QED) is 0.451. The number of nitrogens with zero attached hydrogens (tertiary/aromatic N) is 2. The molecule has 8 heteroatoms. The molecule has 0 radical (unpaired) electrons. The standard InChI is InChI=1S/C25H28F3N3O2/c1-15(2)16-11-12-18(24(3,4)5)21(13-16)33-20-10-8-7-9-19(20)29-23(32)17-14-31(6)30-22(17)25(26,27)28/h7-15H,1-6H3,(H,29,32). The third kappa shape index (κ3) is 5.56. The Balaban J connectivity index is 1.98. The fourth-order valence-electron chi connectivity index (χ4n) is 3.43. The smallest absolute Gasteiger partial charge is 0.435 e. The van der Waals surface area contributed by atoms with Crippen LogP contribution < -0.4 is 10.1 Å². The van der Waals surface area contributed by atoms with Gasteiger partial charge >= 0.3 is 6.18 Å². The maximum absolute atomic E-state index is 13.3. The maximum Gasteiger partial charge on any atom is 0.435 e. The molecule has 1 aromatic heterocycles. The van der Waals surface area contributed by atoms with Gasteiger partial charge in [0.1, 0.15) is 5.75 Å². The summed E-state index contributed by atoms with van der Waals surface area (Å²) in [7, 11) is 1.33. The van der Waals surface area contributed by atoms with Crippen LogP contribution in [0.3, 0.4) is 0 Å². The van der Waals surface area contributed by atoms with Crippen molar-refractivity contribution in [1.82, 2.24) is 9.78 Å². The molecule has 1 heterocycles. The van der Waals surface area contributed by atoms with Crippen LogP contribution in [-0.4, -0.2) is 15.7 Å². The first-order valence-electron chi connectivity index (χ1n) is 10.6. The van der Waals surface area contributed by atoms with Crippen LogP contribution in [0.5, 0.6) is 11.5 Å². The molecule has 176 valence electrons. The van der Waals surface area contributed by atoms with Crippen LogP contribution in [-0.2, 0) is 18.6 Å². The number of para-hydroxylation sites is 2. The highest BCUT2D eigenvalue weighted by molar-refractivity contribution is 6.05. The first-order chi connectivity index (χ1) is 15.3. The number of aryl methyl sites for hydroxylation is 1. The van der Waals surface area contributed by atoms with Crippen LogP contribution in [0, 0.1) is 0 Å². The topological polar surface area (TPSA) is 56.1 Å². The van der Waals surface area contributed by atoms with E-state index in [0.717, 1.165) is 22.0 Å². The van der Waals surface area contributed by atoms with Crippen LogP contribution in [0.2, 0.25) is 0 Å². The molecule has 0 saturated carbocycles. The highest BCUT2D eigenvalue weighted by Gasteiger charge is 2.39. The second-order valence-corrected chi connectivity index (χ2v) is 9.28. The number of amides is 1. The number of carbonyl (C=O) groups is 1. The summed E-state index contributed by atoms with van der Waals surface area (Å²) in [6, 6.07) is 12.7. The summed E-state index contributed by atoms with van der Waals surface area (Å²) in [5, 5.41) is 5.95. The monoisotopic (exact) mass is 459 g/mol. The Hall–Kier alpha value is -3.29. The van der Waals surface area contributed by atoms with Gasteiger partial charge < -0.3 is 10.1 Å². The van der Waals surface area contributed by atoms with Gasteiger partial charge in [0.05, 0.1) is 11.3 Å². The van der Waals surface area contributed by atoms with E-state index >= 15 is 0 Å². The van der Waals surface area contributed by atoms with Gasteiger partial charge in [-0.15, -0.1) is 0 Å². The van der Waals surface area contributed by atoms with E-state index < -0.39 is 23.3 Å². The highest BCUT2D eigenvalue weighted by Crippen LogP contribution is 2.39. The van der Waals surface area contributed by atoms with Crippen LogP contribution in [0.25, 0.3) is 0 Å². The van der Waals surface area contributed by atoms with Crippen molar-refractivity contribution in [2.75, 3.05) is 5.32 Å². The molecule has 1 N–H and O–H groups in total. The van der Waals surface area contributed by atoms with Gasteiger partial charge in [-0.1, -0.05) is 58.9 Å². The molecule has 0 spiro atoms. The van der Waals surface area contributed by atoms with Gasteiger partial charge in [-0.2, -0.15) is 18.3 Å². The number of hydrogen-bond donors (Lipinski definition) is 1. The van der Waals surface area contributed by atoms with Crippen molar-refractivity contribution in [3.8, 4) is 11.5 Å². The lowest BCUT2D eigenvalue weighted by Crippen LogP contribution is -2.18. The van der Waals surface area contributed by atoms with Crippen molar-refractivity contribution in [1.29, 1.82) is 0 Å². The Morgan fingerprint density at radius 2 is 1.73 bits per heavy atom. The Bertz CT molecular complexity index is 1160. The van der Waals surface area contributed by atoms with E-state index in [2.05, 4.69) is 51.1 Å². The molecular weight excluding hydrogens is 431 g/mol. The number of halogens is 3. The lowest BCUT2D eigenvalue weighted by atomic mass is 9.85. The zero-order valence-electron chi connectivity index (χ0n) is 19.5. The van der Waals surface area contributed by atoms with Gasteiger partial charge in [-0.05, 0) is 35.1 Å². The second kappa shape index (κ2) is 8.92. The van der Waals surface area contributed by atoms with Crippen molar-refractivity contribution >= 4 is 11.6 Å². The number of rotatable bonds is 5. The first kappa shape index (κ1) is 24.4. The molecule has 5 nitrogen and oxygen atoms in total. The number of anilines is 1. The summed E-state index contributed by atoms with van der Waals surface area (Å²) >= 11 is 0. The minimum absolute atomic E-state index is 0.208. The summed E-state index contributed by atoms with van der Waals surface area (Å²) < 4.78 is 47.1. The highest BCUT2D eigenvalue weighted by atomic mass is 19.4. The van der Waals surface area contributed by atoms with Crippen molar-refractivity contribution < 1.29 is 22.7 Å². The van der Waals surface area contributed by atoms with Gasteiger partial charge in [-0.25, -0.2) is 0 Å². The van der Waals surface area contributed by atoms with Crippen LogP contribution in [0.1, 0.15) is 67.7 Å². The molecule has 33 heavy (non-hydrogen) atoms. The van der Waals surface area contributed by atoms with E-state index in [0.29, 0.717) is 11.5 Å². The molecule has 0 aliphatic heterocycles. The van der Waals surface area contributed by atoms with Gasteiger partial charge in [0.25, 0.3) is 5.91 Å². The second-order valence-electron chi connectivity index (χ2n) is 9.28. The molecule has 2 aromatic carbocycles. The third-order valence-electron chi connectivity index (χ3n) is 5.18. The largest absolute Gasteiger partial charge is 0.455 e. The molecule has 0 aliphatic rings. The number of carbonyl (C=O) groups excluding carboxylic acids is 1. The zero-order valence-corrected chi connectivity index (χ0v) is 19.5. The molecular formula is C25H28F3N3O2. The zero-order chi connectivity index (χ0) is 24.6. The predicted molar refractivity (Wildman–Crippen MR) is 122 cm³/mol. The SMILES string of the molecule is CC(C)c1ccc(C(C)(C)C)c(Oc2ccccc2NC(=O)c2cn(C)nc2C(F)(F)F)c1. The molecule has 1 amide bonds. The van der Waals surface area contributed by atoms with E-state index in [1.54, 1.807) is 24.3 Å². The van der Waals surface area contributed by atoms with Gasteiger partial charge in [0.15, 0.2) is 11.4 Å². The van der Waals surface area contributed by atoms with Crippen LogP contribution >= 0.6 is 0 Å². The van der Waals surface area contributed by atoms with Crippen molar-refractivity contribution in [2.24, 2.45) is 7.05 Å². The Labute approximate surface area is 191 Å². The lowest BCUT2D eigenvalue weighted by molar-refractivity contribution is -0.141. The minimum atomic E-state index is -4.75. The third-order valence-corrected chi connectivity index (χ3v) is 5.18.